The first-order valence-corrected chi connectivity index (χ1v) is 7.56. The first-order valence-electron chi connectivity index (χ1n) is 7.56. The number of nitrogens with one attached hydrogen (secondary N) is 2. The van der Waals surface area contributed by atoms with Gasteiger partial charge in [-0.3, -0.25) is 14.7 Å². The van der Waals surface area contributed by atoms with Crippen molar-refractivity contribution < 1.29 is 4.79 Å². The van der Waals surface area contributed by atoms with E-state index in [-0.39, 0.29) is 16.9 Å². The molecular formula is C19H17N3O2. The summed E-state index contributed by atoms with van der Waals surface area (Å²) in [5.41, 5.74) is 1.89. The summed E-state index contributed by atoms with van der Waals surface area (Å²) in [6, 6.07) is 18.6. The summed E-state index contributed by atoms with van der Waals surface area (Å²) in [7, 11) is 0. The molecule has 2 N–H and O–H groups in total. The van der Waals surface area contributed by atoms with Crippen molar-refractivity contribution in [3.63, 3.8) is 0 Å². The van der Waals surface area contributed by atoms with Gasteiger partial charge in [0.15, 0.2) is 5.78 Å². The Balaban J connectivity index is 1.83. The third-order valence-electron chi connectivity index (χ3n) is 3.59. The van der Waals surface area contributed by atoms with E-state index < -0.39 is 0 Å². The molecule has 0 saturated heterocycles. The van der Waals surface area contributed by atoms with Crippen molar-refractivity contribution in [2.45, 2.75) is 6.92 Å². The van der Waals surface area contributed by atoms with Gasteiger partial charge in [0.05, 0.1) is 5.69 Å². The predicted octanol–water partition coefficient (Wildman–Crippen LogP) is 3.28. The Bertz CT molecular complexity index is 922. The molecule has 24 heavy (non-hydrogen) atoms. The van der Waals surface area contributed by atoms with Gasteiger partial charge in [-0.15, -0.1) is 0 Å². The van der Waals surface area contributed by atoms with Crippen LogP contribution in [0.1, 0.15) is 16.1 Å². The van der Waals surface area contributed by atoms with Crippen molar-refractivity contribution >= 4 is 11.5 Å². The number of ketones is 1. The van der Waals surface area contributed by atoms with E-state index in [9.17, 15) is 9.59 Å². The van der Waals surface area contributed by atoms with Gasteiger partial charge in [-0.05, 0) is 31.2 Å². The molecule has 120 valence electrons. The molecule has 1 aromatic heterocycles. The van der Waals surface area contributed by atoms with Crippen LogP contribution in [0.15, 0.2) is 77.7 Å². The number of rotatable bonds is 5. The Labute approximate surface area is 139 Å². The number of aromatic nitrogens is 2. The number of hydrogen-bond donors (Lipinski definition) is 2. The first kappa shape index (κ1) is 15.6. The summed E-state index contributed by atoms with van der Waals surface area (Å²) in [6.07, 6.45) is 2.90. The molecule has 0 radical (unpaired) electrons. The fourth-order valence-corrected chi connectivity index (χ4v) is 2.43. The van der Waals surface area contributed by atoms with E-state index in [1.807, 2.05) is 48.5 Å². The second-order valence-electron chi connectivity index (χ2n) is 5.30. The highest BCUT2D eigenvalue weighted by molar-refractivity contribution is 6.05. The normalized spacial score (nSPS) is 10.9. The molecule has 3 aromatic rings. The Kier molecular flexibility index (Phi) is 4.43. The molecule has 0 fully saturated rings. The molecule has 1 heterocycles. The number of anilines is 1. The number of carbonyl (C=O) groups excluding carboxylic acids is 1. The molecule has 0 saturated carbocycles. The van der Waals surface area contributed by atoms with Gasteiger partial charge in [-0.2, -0.15) is 0 Å². The van der Waals surface area contributed by atoms with Gasteiger partial charge >= 0.3 is 0 Å². The Morgan fingerprint density at radius 3 is 2.33 bits per heavy atom. The lowest BCUT2D eigenvalue weighted by atomic mass is 10.1. The van der Waals surface area contributed by atoms with E-state index in [0.717, 1.165) is 5.69 Å². The standard InChI is InChI=1S/C19H17N3O2/c1-14-18(17(23)12-13-20-15-8-4-2-5-9-15)19(24)22(21-14)16-10-6-3-7-11-16/h2-13,20-21H,1H3/b13-12+. The highest BCUT2D eigenvalue weighted by atomic mass is 16.2. The van der Waals surface area contributed by atoms with E-state index in [1.165, 1.54) is 17.0 Å². The maximum Gasteiger partial charge on any atom is 0.282 e. The molecule has 5 nitrogen and oxygen atoms in total. The predicted molar refractivity (Wildman–Crippen MR) is 94.7 cm³/mol. The van der Waals surface area contributed by atoms with Crippen molar-refractivity contribution in [2.75, 3.05) is 5.32 Å². The van der Waals surface area contributed by atoms with Crippen molar-refractivity contribution in [2.24, 2.45) is 0 Å². The lowest BCUT2D eigenvalue weighted by Gasteiger charge is -1.99. The van der Waals surface area contributed by atoms with Crippen LogP contribution in [0.3, 0.4) is 0 Å². The molecule has 2 aromatic carbocycles. The third-order valence-corrected chi connectivity index (χ3v) is 3.59. The van der Waals surface area contributed by atoms with Gasteiger partial charge in [-0.25, -0.2) is 4.68 Å². The molecule has 0 unspecified atom stereocenters. The number of aromatic amines is 1. The number of carbonyl (C=O) groups is 1. The largest absolute Gasteiger partial charge is 0.362 e. The molecule has 0 amide bonds. The maximum absolute atomic E-state index is 12.5. The summed E-state index contributed by atoms with van der Waals surface area (Å²) in [5, 5.41) is 5.95. The summed E-state index contributed by atoms with van der Waals surface area (Å²) in [4.78, 5) is 24.9. The minimum atomic E-state index is -0.354. The van der Waals surface area contributed by atoms with Gasteiger partial charge in [0, 0.05) is 23.7 Å². The molecule has 0 aliphatic carbocycles. The van der Waals surface area contributed by atoms with Crippen LogP contribution in [0.4, 0.5) is 5.69 Å². The number of para-hydroxylation sites is 2. The van der Waals surface area contributed by atoms with Crippen LogP contribution in [0.2, 0.25) is 0 Å². The SMILES string of the molecule is Cc1[nH]n(-c2ccccc2)c(=O)c1C(=O)/C=C/Nc1ccccc1. The lowest BCUT2D eigenvalue weighted by molar-refractivity contribution is 0.104. The van der Waals surface area contributed by atoms with Crippen molar-refractivity contribution in [1.29, 1.82) is 0 Å². The number of benzene rings is 2. The van der Waals surface area contributed by atoms with Gasteiger partial charge < -0.3 is 5.32 Å². The van der Waals surface area contributed by atoms with E-state index in [2.05, 4.69) is 10.4 Å². The fourth-order valence-electron chi connectivity index (χ4n) is 2.43. The number of H-pyrrole nitrogens is 1. The van der Waals surface area contributed by atoms with Crippen LogP contribution in [0.25, 0.3) is 5.69 Å². The van der Waals surface area contributed by atoms with E-state index in [4.69, 9.17) is 0 Å². The Morgan fingerprint density at radius 2 is 1.67 bits per heavy atom. The zero-order valence-corrected chi connectivity index (χ0v) is 13.2. The summed E-state index contributed by atoms with van der Waals surface area (Å²) >= 11 is 0. The Morgan fingerprint density at radius 1 is 1.04 bits per heavy atom. The van der Waals surface area contributed by atoms with Crippen LogP contribution in [0, 0.1) is 6.92 Å². The average molecular weight is 319 g/mol. The fraction of sp³-hybridized carbons (Fsp3) is 0.0526. The van der Waals surface area contributed by atoms with Gasteiger partial charge in [0.1, 0.15) is 5.56 Å². The van der Waals surface area contributed by atoms with Crippen molar-refractivity contribution in [3.8, 4) is 5.69 Å². The highest BCUT2D eigenvalue weighted by Crippen LogP contribution is 2.09. The topological polar surface area (TPSA) is 66.9 Å². The van der Waals surface area contributed by atoms with E-state index in [1.54, 1.807) is 19.1 Å². The minimum absolute atomic E-state index is 0.143. The van der Waals surface area contributed by atoms with Crippen LogP contribution in [-0.2, 0) is 0 Å². The minimum Gasteiger partial charge on any atom is -0.362 e. The summed E-state index contributed by atoms with van der Waals surface area (Å²) in [5.74, 6) is -0.341. The number of hydrogen-bond acceptors (Lipinski definition) is 3. The van der Waals surface area contributed by atoms with Crippen molar-refractivity contribution in [3.05, 3.63) is 94.6 Å². The first-order chi connectivity index (χ1) is 11.7. The monoisotopic (exact) mass is 319 g/mol. The zero-order chi connectivity index (χ0) is 16.9. The number of nitrogens with zero attached hydrogens (tertiary/aromatic N) is 1. The molecule has 3 rings (SSSR count). The lowest BCUT2D eigenvalue weighted by Crippen LogP contribution is -2.19. The molecule has 0 atom stereocenters. The molecule has 0 bridgehead atoms. The average Bonchev–Trinajstić information content (AvgIpc) is 2.91. The summed E-state index contributed by atoms with van der Waals surface area (Å²) < 4.78 is 1.38. The molecule has 0 aliphatic heterocycles. The van der Waals surface area contributed by atoms with E-state index >= 15 is 0 Å². The quantitative estimate of drug-likeness (QED) is 0.560. The van der Waals surface area contributed by atoms with E-state index in [0.29, 0.717) is 11.4 Å². The van der Waals surface area contributed by atoms with Crippen LogP contribution >= 0.6 is 0 Å². The Hall–Kier alpha value is -3.34. The molecule has 0 aliphatic rings. The van der Waals surface area contributed by atoms with Gasteiger partial charge in [0.25, 0.3) is 5.56 Å². The highest BCUT2D eigenvalue weighted by Gasteiger charge is 2.17. The van der Waals surface area contributed by atoms with Crippen LogP contribution in [-0.4, -0.2) is 15.6 Å². The smallest absolute Gasteiger partial charge is 0.282 e. The number of aryl methyl sites for hydroxylation is 1. The van der Waals surface area contributed by atoms with Crippen LogP contribution < -0.4 is 10.9 Å². The van der Waals surface area contributed by atoms with Gasteiger partial charge in [0.2, 0.25) is 0 Å². The third kappa shape index (κ3) is 3.20. The second-order valence-corrected chi connectivity index (χ2v) is 5.30. The zero-order valence-electron chi connectivity index (χ0n) is 13.2. The van der Waals surface area contributed by atoms with Crippen molar-refractivity contribution in [1.82, 2.24) is 9.78 Å². The summed E-state index contributed by atoms with van der Waals surface area (Å²) in [6.45, 7) is 1.71. The molecular weight excluding hydrogens is 302 g/mol. The van der Waals surface area contributed by atoms with Gasteiger partial charge in [-0.1, -0.05) is 36.4 Å². The molecule has 5 heteroatoms. The molecule has 0 spiro atoms. The van der Waals surface area contributed by atoms with Crippen LogP contribution in [0.5, 0.6) is 0 Å². The number of allylic oxidation sites excluding steroid dienone is 1. The maximum atomic E-state index is 12.5. The second kappa shape index (κ2) is 6.83.